The third-order valence-electron chi connectivity index (χ3n) is 4.82. The summed E-state index contributed by atoms with van der Waals surface area (Å²) in [6.45, 7) is 1.92. The number of aromatic amines is 1. The lowest BCUT2D eigenvalue weighted by atomic mass is 10.0. The molecule has 4 aromatic rings. The van der Waals surface area contributed by atoms with E-state index < -0.39 is 0 Å². The molecule has 0 bridgehead atoms. The second-order valence-corrected chi connectivity index (χ2v) is 7.03. The van der Waals surface area contributed by atoms with Crippen LogP contribution in [0.4, 0.5) is 0 Å². The van der Waals surface area contributed by atoms with Crippen LogP contribution in [-0.4, -0.2) is 29.4 Å². The van der Waals surface area contributed by atoms with E-state index in [1.54, 1.807) is 19.4 Å². The van der Waals surface area contributed by atoms with Gasteiger partial charge in [-0.1, -0.05) is 66.7 Å². The summed E-state index contributed by atoms with van der Waals surface area (Å²) in [6, 6.07) is 23.5. The number of hydrogen-bond donors (Lipinski definition) is 2. The molecule has 0 saturated carbocycles. The number of nitrogens with one attached hydrogen (secondary N) is 2. The summed E-state index contributed by atoms with van der Waals surface area (Å²) < 4.78 is 5.53. The Kier molecular flexibility index (Phi) is 5.89. The smallest absolute Gasteiger partial charge is 0.289 e. The molecule has 4 rings (SSSR count). The lowest BCUT2D eigenvalue weighted by Crippen LogP contribution is -2.17. The number of carbonyl (C=O) groups is 1. The number of H-pyrrole nitrogens is 1. The van der Waals surface area contributed by atoms with Gasteiger partial charge in [0.1, 0.15) is 11.4 Å². The first-order valence-electron chi connectivity index (χ1n) is 9.84. The molecule has 1 amide bonds. The molecule has 6 nitrogen and oxygen atoms in total. The maximum absolute atomic E-state index is 12.5. The Morgan fingerprint density at radius 2 is 1.84 bits per heavy atom. The zero-order chi connectivity index (χ0) is 21.6. The van der Waals surface area contributed by atoms with Gasteiger partial charge in [-0.15, -0.1) is 0 Å². The topological polar surface area (TPSA) is 79.4 Å². The van der Waals surface area contributed by atoms with Crippen LogP contribution in [0.15, 0.2) is 83.5 Å². The molecule has 1 aromatic heterocycles. The minimum atomic E-state index is -0.373. The molecule has 2 N–H and O–H groups in total. The highest BCUT2D eigenvalue weighted by molar-refractivity contribution is 6.00. The fourth-order valence-electron chi connectivity index (χ4n) is 3.35. The van der Waals surface area contributed by atoms with Gasteiger partial charge in [-0.2, -0.15) is 10.2 Å². The molecule has 154 valence electrons. The molecule has 6 heteroatoms. The lowest BCUT2D eigenvalue weighted by Gasteiger charge is -2.09. The van der Waals surface area contributed by atoms with E-state index >= 15 is 0 Å². The standard InChI is InChI=1S/C25H22N4O2/c1-17(14-18-8-4-3-5-9-18)16-26-29-25(30)22-15-21(27-28-22)24-20-11-7-6-10-19(20)12-13-23(24)31-2/h3-16H,1-2H3,(H,27,28)(H,29,30). The van der Waals surface area contributed by atoms with Crippen molar-refractivity contribution >= 4 is 29.0 Å². The van der Waals surface area contributed by atoms with Gasteiger partial charge in [0.25, 0.3) is 5.91 Å². The fourth-order valence-corrected chi connectivity index (χ4v) is 3.35. The van der Waals surface area contributed by atoms with Crippen molar-refractivity contribution in [3.63, 3.8) is 0 Å². The molecule has 0 atom stereocenters. The highest BCUT2D eigenvalue weighted by atomic mass is 16.5. The molecule has 0 aliphatic rings. The van der Waals surface area contributed by atoms with Gasteiger partial charge < -0.3 is 4.74 Å². The summed E-state index contributed by atoms with van der Waals surface area (Å²) in [5, 5.41) is 13.2. The maximum Gasteiger partial charge on any atom is 0.289 e. The van der Waals surface area contributed by atoms with Gasteiger partial charge in [-0.05, 0) is 41.0 Å². The first kappa shape index (κ1) is 20.1. The molecule has 1 heterocycles. The van der Waals surface area contributed by atoms with Gasteiger partial charge in [0.2, 0.25) is 0 Å². The molecule has 0 aliphatic heterocycles. The van der Waals surface area contributed by atoms with Crippen LogP contribution >= 0.6 is 0 Å². The maximum atomic E-state index is 12.5. The quantitative estimate of drug-likeness (QED) is 0.345. The Morgan fingerprint density at radius 3 is 2.65 bits per heavy atom. The van der Waals surface area contributed by atoms with Crippen molar-refractivity contribution < 1.29 is 9.53 Å². The van der Waals surface area contributed by atoms with Crippen molar-refractivity contribution in [3.05, 3.63) is 89.6 Å². The number of nitrogens with zero attached hydrogens (tertiary/aromatic N) is 2. The van der Waals surface area contributed by atoms with E-state index in [2.05, 4.69) is 20.7 Å². The summed E-state index contributed by atoms with van der Waals surface area (Å²) in [6.07, 6.45) is 3.59. The first-order valence-corrected chi connectivity index (χ1v) is 9.84. The van der Waals surface area contributed by atoms with E-state index in [4.69, 9.17) is 4.74 Å². The third kappa shape index (κ3) is 4.53. The van der Waals surface area contributed by atoms with Crippen LogP contribution in [0.2, 0.25) is 0 Å². The van der Waals surface area contributed by atoms with Crippen molar-refractivity contribution in [3.8, 4) is 17.0 Å². The number of ether oxygens (including phenoxy) is 1. The summed E-state index contributed by atoms with van der Waals surface area (Å²) >= 11 is 0. The zero-order valence-electron chi connectivity index (χ0n) is 17.3. The average Bonchev–Trinajstić information content (AvgIpc) is 3.29. The van der Waals surface area contributed by atoms with E-state index in [1.165, 1.54) is 0 Å². The SMILES string of the molecule is COc1ccc2ccccc2c1-c1cc(C(=O)NN=CC(C)=Cc2ccccc2)[nH]n1. The van der Waals surface area contributed by atoms with E-state index in [1.807, 2.05) is 79.7 Å². The molecule has 0 spiro atoms. The van der Waals surface area contributed by atoms with Gasteiger partial charge in [0, 0.05) is 0 Å². The molecule has 0 unspecified atom stereocenters. The van der Waals surface area contributed by atoms with E-state index in [-0.39, 0.29) is 5.91 Å². The molecule has 0 saturated heterocycles. The number of allylic oxidation sites excluding steroid dienone is 1. The summed E-state index contributed by atoms with van der Waals surface area (Å²) in [7, 11) is 1.62. The van der Waals surface area contributed by atoms with Crippen LogP contribution < -0.4 is 10.2 Å². The molecule has 31 heavy (non-hydrogen) atoms. The molecular weight excluding hydrogens is 388 g/mol. The second kappa shape index (κ2) is 9.09. The van der Waals surface area contributed by atoms with Gasteiger partial charge in [0.15, 0.2) is 0 Å². The average molecular weight is 410 g/mol. The van der Waals surface area contributed by atoms with Crippen molar-refractivity contribution in [2.75, 3.05) is 7.11 Å². The predicted octanol–water partition coefficient (Wildman–Crippen LogP) is 5.06. The number of aromatic nitrogens is 2. The summed E-state index contributed by atoms with van der Waals surface area (Å²) in [4.78, 5) is 12.5. The Labute approximate surface area is 180 Å². The second-order valence-electron chi connectivity index (χ2n) is 7.03. The fraction of sp³-hybridized carbons (Fsp3) is 0.0800. The van der Waals surface area contributed by atoms with Crippen LogP contribution in [0.25, 0.3) is 28.1 Å². The Balaban J connectivity index is 1.52. The van der Waals surface area contributed by atoms with Crippen LogP contribution in [0, 0.1) is 0 Å². The molecule has 3 aromatic carbocycles. The number of benzene rings is 3. The van der Waals surface area contributed by atoms with Crippen LogP contribution in [0.3, 0.4) is 0 Å². The largest absolute Gasteiger partial charge is 0.496 e. The number of carbonyl (C=O) groups excluding carboxylic acids is 1. The summed E-state index contributed by atoms with van der Waals surface area (Å²) in [5.74, 6) is 0.318. The van der Waals surface area contributed by atoms with E-state index in [0.717, 1.165) is 27.5 Å². The third-order valence-corrected chi connectivity index (χ3v) is 4.82. The Bertz CT molecular complexity index is 1270. The number of amides is 1. The number of hydrogen-bond acceptors (Lipinski definition) is 4. The van der Waals surface area contributed by atoms with Crippen LogP contribution in [0.5, 0.6) is 5.75 Å². The van der Waals surface area contributed by atoms with Crippen molar-refractivity contribution in [1.29, 1.82) is 0 Å². The normalized spacial score (nSPS) is 11.7. The first-order chi connectivity index (χ1) is 15.2. The Morgan fingerprint density at radius 1 is 1.06 bits per heavy atom. The molecule has 0 fully saturated rings. The monoisotopic (exact) mass is 410 g/mol. The van der Waals surface area contributed by atoms with Gasteiger partial charge in [-0.3, -0.25) is 9.89 Å². The number of hydrazone groups is 1. The van der Waals surface area contributed by atoms with E-state index in [0.29, 0.717) is 17.1 Å². The van der Waals surface area contributed by atoms with Crippen molar-refractivity contribution in [1.82, 2.24) is 15.6 Å². The minimum Gasteiger partial charge on any atom is -0.496 e. The lowest BCUT2D eigenvalue weighted by molar-refractivity contribution is 0.0950. The van der Waals surface area contributed by atoms with Gasteiger partial charge in [-0.25, -0.2) is 5.43 Å². The molecule has 0 aliphatic carbocycles. The molecular formula is C25H22N4O2. The minimum absolute atomic E-state index is 0.312. The Hall–Kier alpha value is -4.19. The van der Waals surface area contributed by atoms with Crippen LogP contribution in [0.1, 0.15) is 23.0 Å². The number of methoxy groups -OCH3 is 1. The van der Waals surface area contributed by atoms with Crippen LogP contribution in [-0.2, 0) is 0 Å². The van der Waals surface area contributed by atoms with E-state index in [9.17, 15) is 4.79 Å². The zero-order valence-corrected chi connectivity index (χ0v) is 17.3. The van der Waals surface area contributed by atoms with Gasteiger partial charge in [0.05, 0.1) is 24.6 Å². The van der Waals surface area contributed by atoms with Crippen molar-refractivity contribution in [2.45, 2.75) is 6.92 Å². The predicted molar refractivity (Wildman–Crippen MR) is 124 cm³/mol. The summed E-state index contributed by atoms with van der Waals surface area (Å²) in [5.41, 5.74) is 6.29. The van der Waals surface area contributed by atoms with Crippen molar-refractivity contribution in [2.24, 2.45) is 5.10 Å². The van der Waals surface area contributed by atoms with Gasteiger partial charge >= 0.3 is 0 Å². The number of fused-ring (bicyclic) bond motifs is 1. The number of rotatable bonds is 6. The molecule has 0 radical (unpaired) electrons. The highest BCUT2D eigenvalue weighted by Crippen LogP contribution is 2.36. The highest BCUT2D eigenvalue weighted by Gasteiger charge is 2.16.